The molecule has 2 unspecified atom stereocenters. The highest BCUT2D eigenvalue weighted by Crippen LogP contribution is 2.30. The third kappa shape index (κ3) is 5.09. The van der Waals surface area contributed by atoms with Gasteiger partial charge in [0.25, 0.3) is 0 Å². The summed E-state index contributed by atoms with van der Waals surface area (Å²) in [6.45, 7) is 8.64. The SMILES string of the molecule is CC(N)C(=O)N1CCCCC1CN(C(=O)OC(C)(C)C)C1CC1. The van der Waals surface area contributed by atoms with Crippen LogP contribution in [-0.2, 0) is 9.53 Å². The molecule has 1 heterocycles. The molecule has 0 aromatic heterocycles. The summed E-state index contributed by atoms with van der Waals surface area (Å²) in [5.74, 6) is -0.0189. The van der Waals surface area contributed by atoms with E-state index in [0.29, 0.717) is 6.54 Å². The molecule has 1 aliphatic carbocycles. The zero-order valence-electron chi connectivity index (χ0n) is 14.9. The van der Waals surface area contributed by atoms with Gasteiger partial charge in [-0.2, -0.15) is 0 Å². The monoisotopic (exact) mass is 325 g/mol. The van der Waals surface area contributed by atoms with Crippen molar-refractivity contribution in [2.75, 3.05) is 13.1 Å². The largest absolute Gasteiger partial charge is 0.444 e. The molecule has 1 saturated carbocycles. The molecule has 6 nitrogen and oxygen atoms in total. The Morgan fingerprint density at radius 3 is 2.43 bits per heavy atom. The van der Waals surface area contributed by atoms with Crippen molar-refractivity contribution in [3.63, 3.8) is 0 Å². The summed E-state index contributed by atoms with van der Waals surface area (Å²) in [6, 6.07) is -0.180. The van der Waals surface area contributed by atoms with E-state index in [2.05, 4.69) is 0 Å². The van der Waals surface area contributed by atoms with Crippen LogP contribution in [-0.4, -0.2) is 58.6 Å². The number of nitrogens with zero attached hydrogens (tertiary/aromatic N) is 2. The van der Waals surface area contributed by atoms with Crippen LogP contribution in [0.15, 0.2) is 0 Å². The van der Waals surface area contributed by atoms with Crippen molar-refractivity contribution in [3.05, 3.63) is 0 Å². The van der Waals surface area contributed by atoms with Crippen molar-refractivity contribution in [2.45, 2.75) is 83.5 Å². The number of hydrogen-bond donors (Lipinski definition) is 1. The van der Waals surface area contributed by atoms with Crippen LogP contribution in [0.3, 0.4) is 0 Å². The molecule has 0 aromatic rings. The minimum atomic E-state index is -0.502. The maximum atomic E-state index is 12.5. The first-order valence-electron chi connectivity index (χ1n) is 8.74. The summed E-state index contributed by atoms with van der Waals surface area (Å²) in [5, 5.41) is 0. The Morgan fingerprint density at radius 2 is 1.91 bits per heavy atom. The number of carbonyl (C=O) groups excluding carboxylic acids is 2. The van der Waals surface area contributed by atoms with Crippen molar-refractivity contribution >= 4 is 12.0 Å². The Morgan fingerprint density at radius 1 is 1.26 bits per heavy atom. The van der Waals surface area contributed by atoms with E-state index in [0.717, 1.165) is 38.6 Å². The van der Waals surface area contributed by atoms with Crippen LogP contribution in [0.4, 0.5) is 4.79 Å². The molecule has 2 aliphatic rings. The maximum Gasteiger partial charge on any atom is 0.410 e. The van der Waals surface area contributed by atoms with Crippen molar-refractivity contribution < 1.29 is 14.3 Å². The van der Waals surface area contributed by atoms with E-state index in [4.69, 9.17) is 10.5 Å². The zero-order chi connectivity index (χ0) is 17.2. The van der Waals surface area contributed by atoms with Crippen molar-refractivity contribution in [3.8, 4) is 0 Å². The van der Waals surface area contributed by atoms with Crippen LogP contribution in [0.1, 0.15) is 59.8 Å². The van der Waals surface area contributed by atoms with Crippen molar-refractivity contribution in [1.29, 1.82) is 0 Å². The lowest BCUT2D eigenvalue weighted by molar-refractivity contribution is -0.136. The summed E-state index contributed by atoms with van der Waals surface area (Å²) in [5.41, 5.74) is 5.28. The Balaban J connectivity index is 2.05. The quantitative estimate of drug-likeness (QED) is 0.859. The standard InChI is InChI=1S/C17H31N3O3/c1-12(18)15(21)19-10-6-5-7-14(19)11-20(13-8-9-13)16(22)23-17(2,3)4/h12-14H,5-11,18H2,1-4H3. The number of rotatable bonds is 4. The third-order valence-corrected chi connectivity index (χ3v) is 4.32. The average molecular weight is 325 g/mol. The average Bonchev–Trinajstić information content (AvgIpc) is 3.26. The van der Waals surface area contributed by atoms with Gasteiger partial charge in [-0.25, -0.2) is 4.79 Å². The molecule has 0 aromatic carbocycles. The highest BCUT2D eigenvalue weighted by Gasteiger charge is 2.39. The second-order valence-corrected chi connectivity index (χ2v) is 7.83. The Hall–Kier alpha value is -1.30. The molecule has 2 rings (SSSR count). The zero-order valence-corrected chi connectivity index (χ0v) is 14.9. The number of ether oxygens (including phenoxy) is 1. The molecule has 23 heavy (non-hydrogen) atoms. The fourth-order valence-electron chi connectivity index (χ4n) is 3.05. The number of piperidine rings is 1. The van der Waals surface area contributed by atoms with Gasteiger partial charge in [-0.05, 0) is 59.8 Å². The van der Waals surface area contributed by atoms with Crippen LogP contribution in [0, 0.1) is 0 Å². The number of nitrogens with two attached hydrogens (primary N) is 1. The minimum Gasteiger partial charge on any atom is -0.444 e. The molecular formula is C17H31N3O3. The highest BCUT2D eigenvalue weighted by atomic mass is 16.6. The van der Waals surface area contributed by atoms with Gasteiger partial charge < -0.3 is 20.3 Å². The molecule has 0 spiro atoms. The van der Waals surface area contributed by atoms with Gasteiger partial charge in [-0.15, -0.1) is 0 Å². The van der Waals surface area contributed by atoms with Crippen LogP contribution < -0.4 is 5.73 Å². The molecule has 1 saturated heterocycles. The maximum absolute atomic E-state index is 12.5. The molecule has 2 atom stereocenters. The molecule has 2 fully saturated rings. The van der Waals surface area contributed by atoms with E-state index in [1.807, 2.05) is 30.6 Å². The minimum absolute atomic E-state index is 0.0189. The van der Waals surface area contributed by atoms with Crippen LogP contribution >= 0.6 is 0 Å². The molecule has 132 valence electrons. The molecule has 6 heteroatoms. The highest BCUT2D eigenvalue weighted by molar-refractivity contribution is 5.81. The van der Waals surface area contributed by atoms with Crippen molar-refractivity contribution in [2.24, 2.45) is 5.73 Å². The van der Waals surface area contributed by atoms with E-state index < -0.39 is 11.6 Å². The first kappa shape index (κ1) is 18.0. The normalized spacial score (nSPS) is 23.3. The fraction of sp³-hybridized carbons (Fsp3) is 0.882. The van der Waals surface area contributed by atoms with E-state index in [-0.39, 0.29) is 24.1 Å². The lowest BCUT2D eigenvalue weighted by Crippen LogP contribution is -2.55. The molecule has 1 aliphatic heterocycles. The van der Waals surface area contributed by atoms with Crippen LogP contribution in [0.25, 0.3) is 0 Å². The Kier molecular flexibility index (Phi) is 5.55. The summed E-state index contributed by atoms with van der Waals surface area (Å²) >= 11 is 0. The van der Waals surface area contributed by atoms with Gasteiger partial charge in [-0.3, -0.25) is 4.79 Å². The summed E-state index contributed by atoms with van der Waals surface area (Å²) in [4.78, 5) is 28.5. The topological polar surface area (TPSA) is 75.9 Å². The number of amides is 2. The smallest absolute Gasteiger partial charge is 0.410 e. The molecule has 2 N–H and O–H groups in total. The predicted molar refractivity (Wildman–Crippen MR) is 89.0 cm³/mol. The second kappa shape index (κ2) is 7.07. The van der Waals surface area contributed by atoms with E-state index in [1.54, 1.807) is 6.92 Å². The van der Waals surface area contributed by atoms with Gasteiger partial charge in [0.1, 0.15) is 5.60 Å². The van der Waals surface area contributed by atoms with E-state index >= 15 is 0 Å². The Bertz CT molecular complexity index is 441. The first-order chi connectivity index (χ1) is 10.7. The Labute approximate surface area is 139 Å². The molecule has 2 amide bonds. The second-order valence-electron chi connectivity index (χ2n) is 7.83. The number of carbonyl (C=O) groups is 2. The van der Waals surface area contributed by atoms with Gasteiger partial charge >= 0.3 is 6.09 Å². The summed E-state index contributed by atoms with van der Waals surface area (Å²) < 4.78 is 5.54. The van der Waals surface area contributed by atoms with Crippen molar-refractivity contribution in [1.82, 2.24) is 9.80 Å². The summed E-state index contributed by atoms with van der Waals surface area (Å²) in [7, 11) is 0. The molecule has 0 radical (unpaired) electrons. The summed E-state index contributed by atoms with van der Waals surface area (Å²) in [6.07, 6.45) is 4.79. The number of hydrogen-bond acceptors (Lipinski definition) is 4. The lowest BCUT2D eigenvalue weighted by Gasteiger charge is -2.39. The van der Waals surface area contributed by atoms with E-state index in [1.165, 1.54) is 0 Å². The van der Waals surface area contributed by atoms with E-state index in [9.17, 15) is 9.59 Å². The van der Waals surface area contributed by atoms with Gasteiger partial charge in [-0.1, -0.05) is 0 Å². The first-order valence-corrected chi connectivity index (χ1v) is 8.74. The third-order valence-electron chi connectivity index (χ3n) is 4.32. The predicted octanol–water partition coefficient (Wildman–Crippen LogP) is 2.11. The van der Waals surface area contributed by atoms with Gasteiger partial charge in [0.2, 0.25) is 5.91 Å². The fourth-order valence-corrected chi connectivity index (χ4v) is 3.05. The molecule has 0 bridgehead atoms. The molecular weight excluding hydrogens is 294 g/mol. The van der Waals surface area contributed by atoms with Gasteiger partial charge in [0.15, 0.2) is 0 Å². The number of likely N-dealkylation sites (tertiary alicyclic amines) is 1. The van der Waals surface area contributed by atoms with Gasteiger partial charge in [0.05, 0.1) is 6.04 Å². The van der Waals surface area contributed by atoms with Gasteiger partial charge in [0, 0.05) is 25.2 Å². The van der Waals surface area contributed by atoms with Crippen LogP contribution in [0.2, 0.25) is 0 Å². The van der Waals surface area contributed by atoms with Crippen LogP contribution in [0.5, 0.6) is 0 Å². The lowest BCUT2D eigenvalue weighted by atomic mass is 10.0.